The number of hydrogen-bond donors (Lipinski definition) is 2. The highest BCUT2D eigenvalue weighted by molar-refractivity contribution is 7.92. The molecule has 1 aromatic carbocycles. The van der Waals surface area contributed by atoms with E-state index in [1.807, 2.05) is 6.07 Å². The van der Waals surface area contributed by atoms with Crippen molar-refractivity contribution < 1.29 is 13.2 Å². The topological polar surface area (TPSA) is 83.4 Å². The van der Waals surface area contributed by atoms with E-state index < -0.39 is 10.0 Å². The van der Waals surface area contributed by atoms with Gasteiger partial charge >= 0.3 is 0 Å². The van der Waals surface area contributed by atoms with Gasteiger partial charge in [-0.2, -0.15) is 0 Å². The van der Waals surface area contributed by atoms with E-state index >= 15 is 0 Å². The highest BCUT2D eigenvalue weighted by Crippen LogP contribution is 2.21. The van der Waals surface area contributed by atoms with Crippen LogP contribution in [-0.4, -0.2) is 62.3 Å². The zero-order valence-corrected chi connectivity index (χ0v) is 14.6. The summed E-state index contributed by atoms with van der Waals surface area (Å²) in [5, 5.41) is 4.25. The van der Waals surface area contributed by atoms with Crippen LogP contribution in [0.1, 0.15) is 11.7 Å². The molecular formula is C16H22N4O3S. The smallest absolute Gasteiger partial charge is 0.245 e. The van der Waals surface area contributed by atoms with Crippen molar-refractivity contribution in [3.05, 3.63) is 30.5 Å². The number of aromatic nitrogens is 1. The number of benzene rings is 1. The highest BCUT2D eigenvalue weighted by Gasteiger charge is 2.19. The Balaban J connectivity index is 1.83. The summed E-state index contributed by atoms with van der Waals surface area (Å²) in [6.07, 6.45) is 2.84. The molecule has 130 valence electrons. The number of fused-ring (bicyclic) bond motifs is 1. The normalized spacial score (nSPS) is 19.5. The molecule has 0 bridgehead atoms. The molecule has 1 aliphatic rings. The number of sulfonamides is 1. The summed E-state index contributed by atoms with van der Waals surface area (Å²) in [7, 11) is -3.35. The summed E-state index contributed by atoms with van der Waals surface area (Å²) >= 11 is 0. The lowest BCUT2D eigenvalue weighted by Gasteiger charge is -2.31. The number of hydrogen-bond acceptors (Lipinski definition) is 5. The van der Waals surface area contributed by atoms with Gasteiger partial charge in [0.25, 0.3) is 0 Å². The Morgan fingerprint density at radius 2 is 2.17 bits per heavy atom. The van der Waals surface area contributed by atoms with Crippen molar-refractivity contribution in [3.63, 3.8) is 0 Å². The van der Waals surface area contributed by atoms with Crippen molar-refractivity contribution >= 4 is 32.5 Å². The Morgan fingerprint density at radius 3 is 2.88 bits per heavy atom. The fourth-order valence-corrected chi connectivity index (χ4v) is 3.60. The maximum absolute atomic E-state index is 12.7. The Bertz CT molecular complexity index is 859. The standard InChI is InChI=1S/C16H22N4O3S/c1-12-10-19(8-6-17-12)11-16(21)20-7-5-13-3-4-14(9-15(13)20)18-24(2,22)23/h3-5,7,9,12,17-18H,6,8,10-11H2,1-2H3/t12-/m1/s1. The van der Waals surface area contributed by atoms with E-state index in [-0.39, 0.29) is 5.91 Å². The lowest BCUT2D eigenvalue weighted by atomic mass is 10.2. The van der Waals surface area contributed by atoms with Crippen LogP contribution in [-0.2, 0) is 10.0 Å². The van der Waals surface area contributed by atoms with E-state index in [2.05, 4.69) is 21.9 Å². The second-order valence-electron chi connectivity index (χ2n) is 6.32. The number of carbonyl (C=O) groups excluding carboxylic acids is 1. The average molecular weight is 350 g/mol. The Hall–Kier alpha value is -1.90. The fourth-order valence-electron chi connectivity index (χ4n) is 3.05. The monoisotopic (exact) mass is 350 g/mol. The SMILES string of the molecule is C[C@@H]1CN(CC(=O)n2ccc3ccc(NS(C)(=O)=O)cc32)CCN1. The number of carbonyl (C=O) groups is 1. The third kappa shape index (κ3) is 3.95. The van der Waals surface area contributed by atoms with Gasteiger partial charge in [0, 0.05) is 37.3 Å². The first kappa shape index (κ1) is 16.9. The molecule has 1 atom stereocenters. The first-order valence-corrected chi connectivity index (χ1v) is 9.79. The predicted octanol–water partition coefficient (Wildman–Crippen LogP) is 0.947. The molecule has 0 saturated carbocycles. The van der Waals surface area contributed by atoms with Crippen LogP contribution in [0.2, 0.25) is 0 Å². The van der Waals surface area contributed by atoms with Gasteiger partial charge in [-0.25, -0.2) is 8.42 Å². The van der Waals surface area contributed by atoms with Crippen LogP contribution in [0.3, 0.4) is 0 Å². The molecule has 0 amide bonds. The Labute approximate surface area is 141 Å². The van der Waals surface area contributed by atoms with Crippen molar-refractivity contribution in [1.82, 2.24) is 14.8 Å². The van der Waals surface area contributed by atoms with E-state index in [9.17, 15) is 13.2 Å². The second kappa shape index (κ2) is 6.54. The summed E-state index contributed by atoms with van der Waals surface area (Å²) in [5.74, 6) is -0.0180. The molecule has 3 rings (SSSR count). The van der Waals surface area contributed by atoms with Gasteiger partial charge in [0.15, 0.2) is 0 Å². The Kier molecular flexibility index (Phi) is 4.62. The molecule has 24 heavy (non-hydrogen) atoms. The number of rotatable bonds is 4. The van der Waals surface area contributed by atoms with E-state index in [1.165, 1.54) is 0 Å². The van der Waals surface area contributed by atoms with Gasteiger partial charge < -0.3 is 5.32 Å². The lowest BCUT2D eigenvalue weighted by molar-refractivity contribution is 0.0831. The van der Waals surface area contributed by atoms with Gasteiger partial charge in [0.05, 0.1) is 24.0 Å². The second-order valence-corrected chi connectivity index (χ2v) is 8.07. The summed E-state index contributed by atoms with van der Waals surface area (Å²) in [6.45, 7) is 5.01. The van der Waals surface area contributed by atoms with Gasteiger partial charge in [-0.05, 0) is 25.1 Å². The molecule has 7 nitrogen and oxygen atoms in total. The molecule has 0 unspecified atom stereocenters. The third-order valence-corrected chi connectivity index (χ3v) is 4.68. The highest BCUT2D eigenvalue weighted by atomic mass is 32.2. The van der Waals surface area contributed by atoms with Crippen molar-refractivity contribution in [2.45, 2.75) is 13.0 Å². The first-order chi connectivity index (χ1) is 11.3. The predicted molar refractivity (Wildman–Crippen MR) is 94.9 cm³/mol. The first-order valence-electron chi connectivity index (χ1n) is 7.90. The third-order valence-electron chi connectivity index (χ3n) is 4.08. The molecule has 8 heteroatoms. The van der Waals surface area contributed by atoms with E-state index in [0.717, 1.165) is 31.3 Å². The molecule has 1 fully saturated rings. The van der Waals surface area contributed by atoms with E-state index in [1.54, 1.807) is 29.0 Å². The summed E-state index contributed by atoms with van der Waals surface area (Å²) in [4.78, 5) is 14.8. The van der Waals surface area contributed by atoms with Crippen LogP contribution in [0.5, 0.6) is 0 Å². The van der Waals surface area contributed by atoms with Crippen LogP contribution >= 0.6 is 0 Å². The molecular weight excluding hydrogens is 328 g/mol. The van der Waals surface area contributed by atoms with Crippen LogP contribution in [0.4, 0.5) is 5.69 Å². The van der Waals surface area contributed by atoms with Crippen LogP contribution < -0.4 is 10.0 Å². The molecule has 2 heterocycles. The van der Waals surface area contributed by atoms with E-state index in [4.69, 9.17) is 0 Å². The largest absolute Gasteiger partial charge is 0.312 e. The molecule has 2 N–H and O–H groups in total. The summed E-state index contributed by atoms with van der Waals surface area (Å²) < 4.78 is 26.8. The summed E-state index contributed by atoms with van der Waals surface area (Å²) in [5.41, 5.74) is 1.16. The van der Waals surface area contributed by atoms with Crippen molar-refractivity contribution in [2.75, 3.05) is 37.2 Å². The molecule has 1 saturated heterocycles. The minimum absolute atomic E-state index is 0.0180. The molecule has 0 aliphatic carbocycles. The van der Waals surface area contributed by atoms with Crippen molar-refractivity contribution in [3.8, 4) is 0 Å². The summed E-state index contributed by atoms with van der Waals surface area (Å²) in [6, 6.07) is 7.42. The van der Waals surface area contributed by atoms with Gasteiger partial charge in [0.2, 0.25) is 15.9 Å². The number of nitrogens with zero attached hydrogens (tertiary/aromatic N) is 2. The van der Waals surface area contributed by atoms with Crippen LogP contribution in [0.15, 0.2) is 30.5 Å². The van der Waals surface area contributed by atoms with Gasteiger partial charge in [-0.1, -0.05) is 6.07 Å². The van der Waals surface area contributed by atoms with E-state index in [0.29, 0.717) is 23.8 Å². The van der Waals surface area contributed by atoms with Gasteiger partial charge in [-0.15, -0.1) is 0 Å². The Morgan fingerprint density at radius 1 is 1.38 bits per heavy atom. The quantitative estimate of drug-likeness (QED) is 0.858. The number of piperazine rings is 1. The number of nitrogens with one attached hydrogen (secondary N) is 2. The molecule has 1 aliphatic heterocycles. The van der Waals surface area contributed by atoms with Crippen molar-refractivity contribution in [1.29, 1.82) is 0 Å². The van der Waals surface area contributed by atoms with Crippen LogP contribution in [0.25, 0.3) is 10.9 Å². The molecule has 2 aromatic rings. The molecule has 1 aromatic heterocycles. The number of anilines is 1. The minimum atomic E-state index is -3.35. The molecule has 0 spiro atoms. The van der Waals surface area contributed by atoms with Crippen LogP contribution in [0, 0.1) is 0 Å². The van der Waals surface area contributed by atoms with Crippen molar-refractivity contribution in [2.24, 2.45) is 0 Å². The van der Waals surface area contributed by atoms with Gasteiger partial charge in [0.1, 0.15) is 0 Å². The van der Waals surface area contributed by atoms with Gasteiger partial charge in [-0.3, -0.25) is 19.0 Å². The fraction of sp³-hybridized carbons (Fsp3) is 0.438. The maximum atomic E-state index is 12.7. The lowest BCUT2D eigenvalue weighted by Crippen LogP contribution is -2.50. The average Bonchev–Trinajstić information content (AvgIpc) is 2.88. The zero-order chi connectivity index (χ0) is 17.3. The maximum Gasteiger partial charge on any atom is 0.245 e. The minimum Gasteiger partial charge on any atom is -0.312 e. The zero-order valence-electron chi connectivity index (χ0n) is 13.8. The molecule has 0 radical (unpaired) electrons.